The molecule has 6 nitrogen and oxygen atoms in total. The number of amides is 1. The lowest BCUT2D eigenvalue weighted by atomic mass is 9.61. The van der Waals surface area contributed by atoms with Crippen molar-refractivity contribution in [1.29, 1.82) is 0 Å². The van der Waals surface area contributed by atoms with Crippen molar-refractivity contribution in [2.45, 2.75) is 76.2 Å². The molecule has 1 fully saturated rings. The van der Waals surface area contributed by atoms with E-state index in [9.17, 15) is 14.3 Å². The molecule has 0 aliphatic heterocycles. The number of benzene rings is 3. The van der Waals surface area contributed by atoms with Crippen molar-refractivity contribution >= 4 is 33.6 Å². The minimum Gasteiger partial charge on any atom is -0.465 e. The molecule has 2 aromatic heterocycles. The number of aromatic amines is 2. The molecule has 0 radical (unpaired) electrons. The van der Waals surface area contributed by atoms with Crippen molar-refractivity contribution in [2.75, 3.05) is 25.5 Å². The van der Waals surface area contributed by atoms with Crippen LogP contribution in [0.4, 0.5) is 14.9 Å². The highest BCUT2D eigenvalue weighted by molar-refractivity contribution is 5.89. The molecule has 0 bridgehead atoms. The van der Waals surface area contributed by atoms with Crippen molar-refractivity contribution in [3.8, 4) is 0 Å². The summed E-state index contributed by atoms with van der Waals surface area (Å²) in [6.07, 6.45) is 7.03. The molecule has 236 valence electrons. The summed E-state index contributed by atoms with van der Waals surface area (Å²) in [5.74, 6) is -0.235. The first-order valence-corrected chi connectivity index (χ1v) is 16.3. The molecular weight excluding hydrogens is 563 g/mol. The normalized spacial score (nSPS) is 20.3. The van der Waals surface area contributed by atoms with Crippen LogP contribution in [0, 0.1) is 12.7 Å². The molecule has 6 rings (SSSR count). The zero-order chi connectivity index (χ0) is 31.8. The smallest absolute Gasteiger partial charge is 0.411 e. The fourth-order valence-electron chi connectivity index (χ4n) is 8.01. The Morgan fingerprint density at radius 3 is 2.24 bits per heavy atom. The first-order valence-electron chi connectivity index (χ1n) is 16.3. The van der Waals surface area contributed by atoms with Gasteiger partial charge in [-0.2, -0.15) is 0 Å². The molecular formula is C38H45FN4O2. The molecule has 1 saturated carbocycles. The highest BCUT2D eigenvalue weighted by Gasteiger charge is 2.48. The zero-order valence-corrected chi connectivity index (χ0v) is 26.9. The number of nitrogens with one attached hydrogen (secondary N) is 2. The third kappa shape index (κ3) is 5.52. The first kappa shape index (κ1) is 30.9. The lowest BCUT2D eigenvalue weighted by Crippen LogP contribution is -2.51. The molecule has 45 heavy (non-hydrogen) atoms. The van der Waals surface area contributed by atoms with Gasteiger partial charge in [0.25, 0.3) is 0 Å². The predicted molar refractivity (Wildman–Crippen MR) is 182 cm³/mol. The van der Waals surface area contributed by atoms with Crippen LogP contribution in [-0.4, -0.2) is 52.2 Å². The van der Waals surface area contributed by atoms with Crippen LogP contribution < -0.4 is 4.90 Å². The van der Waals surface area contributed by atoms with Crippen LogP contribution in [0.1, 0.15) is 74.4 Å². The second kappa shape index (κ2) is 12.4. The van der Waals surface area contributed by atoms with Gasteiger partial charge in [0, 0.05) is 51.0 Å². The SMILES string of the molecule is CCCCC1(N(C)C)CCC(c2[nH]c3ccc(F)cc3c2C)(c2[nH]c3ccccc3c2CCN(C(=O)O)c2ccccc2)CC1. The second-order valence-corrected chi connectivity index (χ2v) is 13.2. The summed E-state index contributed by atoms with van der Waals surface area (Å²) in [5.41, 5.74) is 6.93. The lowest BCUT2D eigenvalue weighted by molar-refractivity contribution is 0.0643. The second-order valence-electron chi connectivity index (χ2n) is 13.2. The molecule has 2 heterocycles. The average Bonchev–Trinajstić information content (AvgIpc) is 3.58. The largest absolute Gasteiger partial charge is 0.465 e. The number of para-hydroxylation sites is 2. The van der Waals surface area contributed by atoms with Gasteiger partial charge in [-0.25, -0.2) is 9.18 Å². The van der Waals surface area contributed by atoms with E-state index in [1.165, 1.54) is 23.8 Å². The van der Waals surface area contributed by atoms with Crippen LogP contribution in [0.15, 0.2) is 72.8 Å². The van der Waals surface area contributed by atoms with E-state index in [4.69, 9.17) is 0 Å². The molecule has 1 amide bonds. The number of fused-ring (bicyclic) bond motifs is 2. The number of carbonyl (C=O) groups is 1. The van der Waals surface area contributed by atoms with E-state index in [0.717, 1.165) is 76.4 Å². The van der Waals surface area contributed by atoms with E-state index >= 15 is 0 Å². The van der Waals surface area contributed by atoms with Gasteiger partial charge in [-0.1, -0.05) is 56.2 Å². The van der Waals surface area contributed by atoms with Gasteiger partial charge in [0.15, 0.2) is 0 Å². The number of hydrogen-bond donors (Lipinski definition) is 3. The van der Waals surface area contributed by atoms with Gasteiger partial charge in [-0.05, 0) is 107 Å². The van der Waals surface area contributed by atoms with Crippen molar-refractivity contribution in [2.24, 2.45) is 0 Å². The van der Waals surface area contributed by atoms with Gasteiger partial charge in [-0.15, -0.1) is 0 Å². The maximum Gasteiger partial charge on any atom is 0.411 e. The van der Waals surface area contributed by atoms with Crippen LogP contribution in [0.25, 0.3) is 21.8 Å². The Balaban J connectivity index is 1.51. The highest BCUT2D eigenvalue weighted by atomic mass is 19.1. The van der Waals surface area contributed by atoms with Crippen LogP contribution >= 0.6 is 0 Å². The Morgan fingerprint density at radius 2 is 1.56 bits per heavy atom. The molecule has 0 unspecified atom stereocenters. The number of unbranched alkanes of at least 4 members (excludes halogenated alkanes) is 1. The maximum absolute atomic E-state index is 14.5. The van der Waals surface area contributed by atoms with E-state index in [1.54, 1.807) is 6.07 Å². The molecule has 1 aliphatic carbocycles. The monoisotopic (exact) mass is 608 g/mol. The number of H-pyrrole nitrogens is 2. The van der Waals surface area contributed by atoms with E-state index in [1.807, 2.05) is 42.5 Å². The summed E-state index contributed by atoms with van der Waals surface area (Å²) in [6.45, 7) is 4.71. The topological polar surface area (TPSA) is 75.4 Å². The molecule has 0 atom stereocenters. The minimum atomic E-state index is -0.963. The number of halogens is 1. The minimum absolute atomic E-state index is 0.116. The van der Waals surface area contributed by atoms with Gasteiger partial charge in [0.1, 0.15) is 5.82 Å². The molecule has 0 spiro atoms. The standard InChI is InChI=1S/C38H45FN4O2/c1-5-6-19-37(42(3)4)20-22-38(23-21-37,34-26(2)31-25-27(39)16-17-33(31)40-34)35-30(29-14-10-11-15-32(29)41-35)18-24-43(36(44)45)28-12-8-7-9-13-28/h7-17,25,40-41H,5-6,18-24H2,1-4H3,(H,44,45). The summed E-state index contributed by atoms with van der Waals surface area (Å²) in [7, 11) is 4.44. The third-order valence-corrected chi connectivity index (χ3v) is 10.7. The Kier molecular flexibility index (Phi) is 8.49. The Morgan fingerprint density at radius 1 is 0.889 bits per heavy atom. The number of carboxylic acid groups (broad SMARTS) is 1. The van der Waals surface area contributed by atoms with Crippen LogP contribution in [0.2, 0.25) is 0 Å². The average molecular weight is 609 g/mol. The zero-order valence-electron chi connectivity index (χ0n) is 26.9. The van der Waals surface area contributed by atoms with Crippen molar-refractivity contribution in [3.63, 3.8) is 0 Å². The van der Waals surface area contributed by atoms with Crippen molar-refractivity contribution < 1.29 is 14.3 Å². The van der Waals surface area contributed by atoms with E-state index < -0.39 is 6.09 Å². The molecule has 3 aromatic carbocycles. The fraction of sp³-hybridized carbons (Fsp3) is 0.395. The number of aryl methyl sites for hydroxylation is 1. The number of aromatic nitrogens is 2. The summed E-state index contributed by atoms with van der Waals surface area (Å²) in [4.78, 5) is 24.0. The molecule has 7 heteroatoms. The quantitative estimate of drug-likeness (QED) is 0.148. The van der Waals surface area contributed by atoms with Crippen LogP contribution in [0.5, 0.6) is 0 Å². The lowest BCUT2D eigenvalue weighted by Gasteiger charge is -2.50. The van der Waals surface area contributed by atoms with Crippen molar-refractivity contribution in [1.82, 2.24) is 14.9 Å². The highest BCUT2D eigenvalue weighted by Crippen LogP contribution is 2.53. The van der Waals surface area contributed by atoms with Gasteiger partial charge in [0.05, 0.1) is 5.41 Å². The number of anilines is 1. The van der Waals surface area contributed by atoms with Gasteiger partial charge >= 0.3 is 6.09 Å². The van der Waals surface area contributed by atoms with E-state index in [2.05, 4.69) is 61.0 Å². The first-order chi connectivity index (χ1) is 21.7. The number of rotatable bonds is 10. The number of nitrogens with zero attached hydrogens (tertiary/aromatic N) is 2. The summed E-state index contributed by atoms with van der Waals surface area (Å²) >= 11 is 0. The third-order valence-electron chi connectivity index (χ3n) is 10.7. The van der Waals surface area contributed by atoms with Crippen LogP contribution in [0.3, 0.4) is 0 Å². The molecule has 1 aliphatic rings. The fourth-order valence-corrected chi connectivity index (χ4v) is 8.01. The summed E-state index contributed by atoms with van der Waals surface area (Å²) < 4.78 is 14.5. The van der Waals surface area contributed by atoms with Gasteiger partial charge in [-0.3, -0.25) is 4.90 Å². The molecule has 0 saturated heterocycles. The predicted octanol–water partition coefficient (Wildman–Crippen LogP) is 9.17. The van der Waals surface area contributed by atoms with Crippen molar-refractivity contribution in [3.05, 3.63) is 101 Å². The summed E-state index contributed by atoms with van der Waals surface area (Å²) in [6, 6.07) is 22.7. The Hall–Kier alpha value is -4.10. The summed E-state index contributed by atoms with van der Waals surface area (Å²) in [5, 5.41) is 12.3. The van der Waals surface area contributed by atoms with Gasteiger partial charge in [0.2, 0.25) is 0 Å². The molecule has 5 aromatic rings. The van der Waals surface area contributed by atoms with E-state index in [-0.39, 0.29) is 16.8 Å². The Labute approximate surface area is 265 Å². The van der Waals surface area contributed by atoms with E-state index in [0.29, 0.717) is 18.7 Å². The maximum atomic E-state index is 14.5. The van der Waals surface area contributed by atoms with Crippen LogP contribution in [-0.2, 0) is 11.8 Å². The van der Waals surface area contributed by atoms with Gasteiger partial charge < -0.3 is 20.0 Å². The Bertz CT molecular complexity index is 1800. The molecule has 3 N–H and O–H groups in total. The number of hydrogen-bond acceptors (Lipinski definition) is 2.